The molecule has 1 aromatic rings. The Morgan fingerprint density at radius 1 is 1.43 bits per heavy atom. The first-order valence-corrected chi connectivity index (χ1v) is 4.40. The van der Waals surface area contributed by atoms with Crippen LogP contribution in [0.15, 0.2) is 18.2 Å². The van der Waals surface area contributed by atoms with Crippen molar-refractivity contribution < 1.29 is 4.39 Å². The first-order chi connectivity index (χ1) is 6.72. The van der Waals surface area contributed by atoms with E-state index in [1.54, 1.807) is 12.1 Å². The monoisotopic (exact) mass is 185 g/mol. The highest BCUT2D eigenvalue weighted by molar-refractivity contribution is 5.45. The quantitative estimate of drug-likeness (QED) is 0.616. The van der Waals surface area contributed by atoms with Crippen LogP contribution < -0.4 is 0 Å². The van der Waals surface area contributed by atoms with E-state index in [2.05, 4.69) is 5.92 Å². The van der Waals surface area contributed by atoms with Crippen molar-refractivity contribution in [3.63, 3.8) is 0 Å². The van der Waals surface area contributed by atoms with Crippen LogP contribution in [0.25, 0.3) is 0 Å². The highest BCUT2D eigenvalue weighted by Crippen LogP contribution is 2.47. The molecular formula is C12H8FN. The molecule has 0 aromatic heterocycles. The van der Waals surface area contributed by atoms with Gasteiger partial charge in [-0.3, -0.25) is 0 Å². The van der Waals surface area contributed by atoms with Crippen molar-refractivity contribution in [2.24, 2.45) is 0 Å². The zero-order chi connectivity index (χ0) is 10.2. The average Bonchev–Trinajstić information content (AvgIpc) is 2.99. The topological polar surface area (TPSA) is 23.8 Å². The molecule has 0 saturated heterocycles. The molecule has 0 heterocycles. The highest BCUT2D eigenvalue weighted by atomic mass is 19.1. The molecule has 1 aliphatic rings. The first kappa shape index (κ1) is 8.78. The number of hydrogen-bond acceptors (Lipinski definition) is 1. The summed E-state index contributed by atoms with van der Waals surface area (Å²) in [6.45, 7) is 0. The molecule has 0 radical (unpaired) electrons. The number of hydrogen-bond donors (Lipinski definition) is 0. The lowest BCUT2D eigenvalue weighted by atomic mass is 9.95. The standard InChI is InChI=1S/C12H8FN/c1-2-12(5-6-12)10-3-4-11(13)9(7-10)8-14/h1,3-4,7H,5-6H2. The first-order valence-electron chi connectivity index (χ1n) is 4.40. The lowest BCUT2D eigenvalue weighted by Crippen LogP contribution is -2.03. The van der Waals surface area contributed by atoms with Crippen LogP contribution in [0, 0.1) is 29.5 Å². The third kappa shape index (κ3) is 1.17. The van der Waals surface area contributed by atoms with Gasteiger partial charge in [0.1, 0.15) is 11.9 Å². The fourth-order valence-electron chi connectivity index (χ4n) is 1.55. The summed E-state index contributed by atoms with van der Waals surface area (Å²) in [6, 6.07) is 6.35. The minimum atomic E-state index is -0.482. The Balaban J connectivity index is 2.49. The summed E-state index contributed by atoms with van der Waals surface area (Å²) in [6.07, 6.45) is 7.26. The predicted octanol–water partition coefficient (Wildman–Crippen LogP) is 2.36. The Kier molecular flexibility index (Phi) is 1.79. The second-order valence-electron chi connectivity index (χ2n) is 3.53. The molecule has 1 fully saturated rings. The van der Waals surface area contributed by atoms with Crippen LogP contribution in [-0.4, -0.2) is 0 Å². The Labute approximate surface area is 82.2 Å². The molecule has 0 unspecified atom stereocenters. The van der Waals surface area contributed by atoms with E-state index in [9.17, 15) is 4.39 Å². The molecule has 68 valence electrons. The molecule has 1 nitrogen and oxygen atoms in total. The molecular weight excluding hydrogens is 177 g/mol. The predicted molar refractivity (Wildman–Crippen MR) is 50.9 cm³/mol. The van der Waals surface area contributed by atoms with Crippen molar-refractivity contribution in [3.8, 4) is 18.4 Å². The van der Waals surface area contributed by atoms with Gasteiger partial charge in [0.15, 0.2) is 0 Å². The normalized spacial score (nSPS) is 16.8. The second-order valence-corrected chi connectivity index (χ2v) is 3.53. The largest absolute Gasteiger partial charge is 0.206 e. The van der Waals surface area contributed by atoms with Crippen molar-refractivity contribution in [1.82, 2.24) is 0 Å². The van der Waals surface area contributed by atoms with Gasteiger partial charge in [-0.2, -0.15) is 5.26 Å². The molecule has 0 aliphatic heterocycles. The van der Waals surface area contributed by atoms with Gasteiger partial charge >= 0.3 is 0 Å². The molecule has 1 aromatic carbocycles. The fraction of sp³-hybridized carbons (Fsp3) is 0.250. The van der Waals surface area contributed by atoms with Crippen LogP contribution in [-0.2, 0) is 5.41 Å². The number of nitrogens with zero attached hydrogens (tertiary/aromatic N) is 1. The van der Waals surface area contributed by atoms with Gasteiger partial charge in [-0.05, 0) is 30.5 Å². The number of benzene rings is 1. The van der Waals surface area contributed by atoms with Crippen molar-refractivity contribution >= 4 is 0 Å². The minimum absolute atomic E-state index is 0.0732. The number of nitriles is 1. The Hall–Kier alpha value is -1.80. The molecule has 1 aliphatic carbocycles. The van der Waals surface area contributed by atoms with Crippen molar-refractivity contribution in [2.75, 3.05) is 0 Å². The SMILES string of the molecule is C#CC1(c2ccc(F)c(C#N)c2)CC1. The lowest BCUT2D eigenvalue weighted by molar-refractivity contribution is 0.622. The maximum Gasteiger partial charge on any atom is 0.140 e. The van der Waals surface area contributed by atoms with Crippen molar-refractivity contribution in [1.29, 1.82) is 5.26 Å². The van der Waals surface area contributed by atoms with E-state index in [-0.39, 0.29) is 11.0 Å². The van der Waals surface area contributed by atoms with Gasteiger partial charge in [-0.25, -0.2) is 4.39 Å². The Morgan fingerprint density at radius 2 is 2.14 bits per heavy atom. The summed E-state index contributed by atoms with van der Waals surface area (Å²) in [5, 5.41) is 8.66. The van der Waals surface area contributed by atoms with Gasteiger partial charge < -0.3 is 0 Å². The van der Waals surface area contributed by atoms with Gasteiger partial charge in [0, 0.05) is 0 Å². The van der Waals surface area contributed by atoms with E-state index in [0.717, 1.165) is 18.4 Å². The van der Waals surface area contributed by atoms with Crippen LogP contribution in [0.5, 0.6) is 0 Å². The average molecular weight is 185 g/mol. The smallest absolute Gasteiger partial charge is 0.140 e. The molecule has 1 saturated carbocycles. The second kappa shape index (κ2) is 2.86. The summed E-state index contributed by atoms with van der Waals surface area (Å²) in [4.78, 5) is 0. The maximum atomic E-state index is 13.0. The van der Waals surface area contributed by atoms with E-state index in [0.29, 0.717) is 0 Å². The lowest BCUT2D eigenvalue weighted by Gasteiger charge is -2.07. The van der Waals surface area contributed by atoms with Crippen LogP contribution in [0.1, 0.15) is 24.0 Å². The molecule has 0 bridgehead atoms. The maximum absolute atomic E-state index is 13.0. The summed E-state index contributed by atoms with van der Waals surface area (Å²) in [5.74, 6) is 2.23. The van der Waals surface area contributed by atoms with Crippen LogP contribution in [0.4, 0.5) is 4.39 Å². The van der Waals surface area contributed by atoms with Gasteiger partial charge in [-0.15, -0.1) is 6.42 Å². The van der Waals surface area contributed by atoms with E-state index in [1.807, 2.05) is 6.07 Å². The molecule has 2 heteroatoms. The van der Waals surface area contributed by atoms with Crippen LogP contribution in [0.2, 0.25) is 0 Å². The van der Waals surface area contributed by atoms with Crippen molar-refractivity contribution in [2.45, 2.75) is 18.3 Å². The van der Waals surface area contributed by atoms with Gasteiger partial charge in [0.25, 0.3) is 0 Å². The summed E-state index contributed by atoms with van der Waals surface area (Å²) in [7, 11) is 0. The third-order valence-corrected chi connectivity index (χ3v) is 2.67. The third-order valence-electron chi connectivity index (χ3n) is 2.67. The summed E-state index contributed by atoms with van der Waals surface area (Å²) < 4.78 is 13.0. The Bertz CT molecular complexity index is 458. The van der Waals surface area contributed by atoms with E-state index in [1.165, 1.54) is 6.07 Å². The van der Waals surface area contributed by atoms with E-state index < -0.39 is 5.82 Å². The minimum Gasteiger partial charge on any atom is -0.206 e. The number of rotatable bonds is 1. The van der Waals surface area contributed by atoms with E-state index >= 15 is 0 Å². The highest BCUT2D eigenvalue weighted by Gasteiger charge is 2.42. The van der Waals surface area contributed by atoms with Crippen LogP contribution in [0.3, 0.4) is 0 Å². The summed E-state index contributed by atoms with van der Waals surface area (Å²) in [5.41, 5.74) is 0.737. The van der Waals surface area contributed by atoms with Crippen molar-refractivity contribution in [3.05, 3.63) is 35.1 Å². The summed E-state index contributed by atoms with van der Waals surface area (Å²) >= 11 is 0. The zero-order valence-corrected chi connectivity index (χ0v) is 7.55. The molecule has 2 rings (SSSR count). The van der Waals surface area contributed by atoms with Crippen LogP contribution >= 0.6 is 0 Å². The van der Waals surface area contributed by atoms with Gasteiger partial charge in [0.05, 0.1) is 11.0 Å². The molecule has 0 atom stereocenters. The molecule has 0 N–H and O–H groups in total. The van der Waals surface area contributed by atoms with E-state index in [4.69, 9.17) is 11.7 Å². The van der Waals surface area contributed by atoms with Gasteiger partial charge in [-0.1, -0.05) is 12.0 Å². The Morgan fingerprint density at radius 3 is 2.64 bits per heavy atom. The number of halogens is 1. The molecule has 0 amide bonds. The zero-order valence-electron chi connectivity index (χ0n) is 7.55. The molecule has 0 spiro atoms. The van der Waals surface area contributed by atoms with Gasteiger partial charge in [0.2, 0.25) is 0 Å². The fourth-order valence-corrected chi connectivity index (χ4v) is 1.55. The number of terminal acetylenes is 1. The molecule has 14 heavy (non-hydrogen) atoms.